The lowest BCUT2D eigenvalue weighted by atomic mass is 10.4. The van der Waals surface area contributed by atoms with Crippen LogP contribution in [-0.2, 0) is 44.6 Å². The standard InChI is InChI=1S/2C9H13N2.FH2O3P/c2*1-4-6-9-10(3)7-8-11(9)5-2;1-5(2,3)4/h2*1,7-8H,5-6H2,2-3H3;(H2,2,3,4)/q2*+1;/p-2. The monoisotopic (exact) mass is 396 g/mol. The Hall–Kier alpha value is -2.38. The number of hydrogen-bond acceptors (Lipinski definition) is 3. The van der Waals surface area contributed by atoms with Crippen LogP contribution >= 0.6 is 7.91 Å². The van der Waals surface area contributed by atoms with Gasteiger partial charge in [-0.1, -0.05) is 11.8 Å². The lowest BCUT2D eigenvalue weighted by Crippen LogP contribution is -2.31. The molecule has 0 aliphatic heterocycles. The maximum atomic E-state index is 10.1. The Bertz CT molecular complexity index is 771. The largest absolute Gasteiger partial charge is 0.786 e. The molecule has 0 spiro atoms. The van der Waals surface area contributed by atoms with E-state index in [0.717, 1.165) is 13.1 Å². The molecule has 2 aromatic heterocycles. The lowest BCUT2D eigenvalue weighted by molar-refractivity contribution is -0.678. The molecule has 0 N–H and O–H groups in total. The zero-order chi connectivity index (χ0) is 21.0. The van der Waals surface area contributed by atoms with Crippen LogP contribution < -0.4 is 18.9 Å². The van der Waals surface area contributed by atoms with Crippen molar-refractivity contribution in [3.05, 3.63) is 36.4 Å². The maximum absolute atomic E-state index is 10.1. The number of nitrogens with zero attached hydrogens (tertiary/aromatic N) is 4. The molecule has 0 atom stereocenters. The molecule has 0 saturated carbocycles. The van der Waals surface area contributed by atoms with Crippen molar-refractivity contribution in [1.82, 2.24) is 9.13 Å². The quantitative estimate of drug-likeness (QED) is 0.408. The van der Waals surface area contributed by atoms with Crippen LogP contribution in [0, 0.1) is 24.7 Å². The van der Waals surface area contributed by atoms with Crippen LogP contribution in [0.2, 0.25) is 0 Å². The molecule has 0 amide bonds. The minimum Gasteiger partial charge on any atom is -0.786 e. The first kappa shape index (κ1) is 24.6. The van der Waals surface area contributed by atoms with Crippen molar-refractivity contribution < 1.29 is 27.7 Å². The molecule has 2 rings (SSSR count). The SMILES string of the molecule is C#CCc1n(CC)cc[n+]1C.C#CCc1n(CC)cc[n+]1C.O=P([O-])([O-])F. The second-order valence-corrected chi connectivity index (χ2v) is 6.28. The predicted molar refractivity (Wildman–Crippen MR) is 96.4 cm³/mol. The molecular weight excluding hydrogens is 370 g/mol. The molecule has 2 heterocycles. The Morgan fingerprint density at radius 3 is 1.52 bits per heavy atom. The van der Waals surface area contributed by atoms with E-state index >= 15 is 0 Å². The molecule has 0 fully saturated rings. The number of terminal acetylenes is 2. The zero-order valence-electron chi connectivity index (χ0n) is 16.1. The molecular formula is C18H26FN4O3P. The first-order chi connectivity index (χ1) is 12.6. The number of aromatic nitrogens is 4. The fourth-order valence-corrected chi connectivity index (χ4v) is 2.32. The van der Waals surface area contributed by atoms with Crippen molar-refractivity contribution >= 4 is 7.91 Å². The summed E-state index contributed by atoms with van der Waals surface area (Å²) in [6.07, 6.45) is 20.0. The summed E-state index contributed by atoms with van der Waals surface area (Å²) in [4.78, 5) is 16.9. The van der Waals surface area contributed by atoms with Crippen LogP contribution in [-0.4, -0.2) is 9.13 Å². The number of halogens is 1. The summed E-state index contributed by atoms with van der Waals surface area (Å²) in [5, 5.41) is 0. The van der Waals surface area contributed by atoms with E-state index in [2.05, 4.69) is 44.0 Å². The van der Waals surface area contributed by atoms with Crippen LogP contribution in [0.3, 0.4) is 0 Å². The van der Waals surface area contributed by atoms with Gasteiger partial charge in [0, 0.05) is 0 Å². The predicted octanol–water partition coefficient (Wildman–Crippen LogP) is -0.199. The molecule has 9 heteroatoms. The highest BCUT2D eigenvalue weighted by Gasteiger charge is 2.10. The Morgan fingerprint density at radius 1 is 1.00 bits per heavy atom. The average Bonchev–Trinajstić information content (AvgIpc) is 3.11. The van der Waals surface area contributed by atoms with Crippen LogP contribution in [0.1, 0.15) is 25.5 Å². The molecule has 0 bridgehead atoms. The fraction of sp³-hybridized carbons (Fsp3) is 0.444. The van der Waals surface area contributed by atoms with E-state index < -0.39 is 7.91 Å². The summed E-state index contributed by atoms with van der Waals surface area (Å²) in [5.74, 6) is 7.67. The van der Waals surface area contributed by atoms with Crippen molar-refractivity contribution in [2.45, 2.75) is 39.8 Å². The van der Waals surface area contributed by atoms with E-state index in [-0.39, 0.29) is 0 Å². The van der Waals surface area contributed by atoms with Gasteiger partial charge in [-0.25, -0.2) is 22.5 Å². The van der Waals surface area contributed by atoms with Crippen molar-refractivity contribution in [1.29, 1.82) is 0 Å². The third-order valence-electron chi connectivity index (χ3n) is 3.62. The van der Waals surface area contributed by atoms with E-state index in [1.54, 1.807) is 0 Å². The number of rotatable bonds is 4. The number of imidazole rings is 2. The normalized spacial score (nSPS) is 9.96. The molecule has 0 radical (unpaired) electrons. The third kappa shape index (κ3) is 9.77. The summed E-state index contributed by atoms with van der Waals surface area (Å²) in [7, 11) is -1.61. The van der Waals surface area contributed by atoms with Gasteiger partial charge in [-0.15, -0.1) is 12.8 Å². The van der Waals surface area contributed by atoms with Gasteiger partial charge < -0.3 is 14.4 Å². The summed E-state index contributed by atoms with van der Waals surface area (Å²) in [6, 6.07) is 0. The average molecular weight is 396 g/mol. The first-order valence-electron chi connectivity index (χ1n) is 8.24. The molecule has 2 aromatic rings. The van der Waals surface area contributed by atoms with Gasteiger partial charge in [0.15, 0.2) is 0 Å². The zero-order valence-corrected chi connectivity index (χ0v) is 17.0. The smallest absolute Gasteiger partial charge is 0.268 e. The molecule has 0 aromatic carbocycles. The minimum atomic E-state index is -5.64. The summed E-state index contributed by atoms with van der Waals surface area (Å²) < 4.78 is 27.0. The Kier molecular flexibility index (Phi) is 11.0. The third-order valence-corrected chi connectivity index (χ3v) is 3.62. The molecule has 148 valence electrons. The van der Waals surface area contributed by atoms with Gasteiger partial charge in [-0.05, 0) is 13.8 Å². The minimum absolute atomic E-state index is 0.706. The first-order valence-corrected chi connectivity index (χ1v) is 9.68. The highest BCUT2D eigenvalue weighted by atomic mass is 31.2. The van der Waals surface area contributed by atoms with Crippen LogP contribution in [0.15, 0.2) is 24.8 Å². The highest BCUT2D eigenvalue weighted by molar-refractivity contribution is 7.42. The van der Waals surface area contributed by atoms with Gasteiger partial charge in [0.2, 0.25) is 0 Å². The van der Waals surface area contributed by atoms with Gasteiger partial charge in [-0.2, -0.15) is 0 Å². The van der Waals surface area contributed by atoms with E-state index in [9.17, 15) is 4.20 Å². The van der Waals surface area contributed by atoms with Gasteiger partial charge >= 0.3 is 0 Å². The second kappa shape index (κ2) is 12.1. The van der Waals surface area contributed by atoms with E-state index in [1.807, 2.05) is 38.9 Å². The Labute approximate surface area is 160 Å². The summed E-state index contributed by atoms with van der Waals surface area (Å²) >= 11 is 0. The van der Waals surface area contributed by atoms with Crippen LogP contribution in [0.4, 0.5) is 4.20 Å². The fourth-order valence-electron chi connectivity index (χ4n) is 2.32. The van der Waals surface area contributed by atoms with Crippen LogP contribution in [0.5, 0.6) is 0 Å². The molecule has 0 aliphatic carbocycles. The Balaban J connectivity index is 0.000000405. The van der Waals surface area contributed by atoms with Crippen molar-refractivity contribution in [2.24, 2.45) is 14.1 Å². The van der Waals surface area contributed by atoms with Gasteiger partial charge in [0.05, 0.1) is 27.2 Å². The molecule has 0 unspecified atom stereocenters. The van der Waals surface area contributed by atoms with E-state index in [4.69, 9.17) is 27.2 Å². The van der Waals surface area contributed by atoms with Gasteiger partial charge in [0.1, 0.15) is 45.5 Å². The van der Waals surface area contributed by atoms with Gasteiger partial charge in [-0.3, -0.25) is 0 Å². The lowest BCUT2D eigenvalue weighted by Gasteiger charge is -2.15. The maximum Gasteiger partial charge on any atom is 0.268 e. The second-order valence-electron chi connectivity index (χ2n) is 5.42. The molecule has 7 nitrogen and oxygen atoms in total. The van der Waals surface area contributed by atoms with E-state index in [1.165, 1.54) is 11.6 Å². The summed E-state index contributed by atoms with van der Waals surface area (Å²) in [5.41, 5.74) is 0. The molecule has 0 aliphatic rings. The van der Waals surface area contributed by atoms with Crippen LogP contribution in [0.25, 0.3) is 0 Å². The topological polar surface area (TPSA) is 80.8 Å². The number of hydrogen-bond donors (Lipinski definition) is 0. The molecule has 27 heavy (non-hydrogen) atoms. The molecule has 0 saturated heterocycles. The Morgan fingerprint density at radius 2 is 1.30 bits per heavy atom. The van der Waals surface area contributed by atoms with Crippen molar-refractivity contribution in [2.75, 3.05) is 0 Å². The van der Waals surface area contributed by atoms with Crippen molar-refractivity contribution in [3.63, 3.8) is 0 Å². The highest BCUT2D eigenvalue weighted by Crippen LogP contribution is 2.22. The number of aryl methyl sites for hydroxylation is 4. The summed E-state index contributed by atoms with van der Waals surface area (Å²) in [6.45, 7) is 6.19. The van der Waals surface area contributed by atoms with E-state index in [0.29, 0.717) is 12.8 Å². The van der Waals surface area contributed by atoms with Gasteiger partial charge in [0.25, 0.3) is 11.6 Å². The van der Waals surface area contributed by atoms with Crippen molar-refractivity contribution in [3.8, 4) is 24.7 Å².